The van der Waals surface area contributed by atoms with Gasteiger partial charge < -0.3 is 15.7 Å². The molecule has 0 unspecified atom stereocenters. The summed E-state index contributed by atoms with van der Waals surface area (Å²) in [7, 11) is 0. The van der Waals surface area contributed by atoms with Gasteiger partial charge in [0, 0.05) is 23.8 Å². The smallest absolute Gasteiger partial charge is 0.307 e. The van der Waals surface area contributed by atoms with E-state index in [1.165, 1.54) is 11.3 Å². The van der Waals surface area contributed by atoms with Crippen molar-refractivity contribution < 1.29 is 19.5 Å². The monoisotopic (exact) mass is 439 g/mol. The second-order valence-electron chi connectivity index (χ2n) is 8.07. The zero-order valence-corrected chi connectivity index (χ0v) is 18.2. The van der Waals surface area contributed by atoms with E-state index in [0.29, 0.717) is 30.0 Å². The quantitative estimate of drug-likeness (QED) is 0.573. The number of fused-ring (bicyclic) bond motifs is 2. The molecule has 0 aliphatic heterocycles. The number of anilines is 1. The van der Waals surface area contributed by atoms with Gasteiger partial charge in [-0.15, -0.1) is 11.3 Å². The van der Waals surface area contributed by atoms with Gasteiger partial charge in [-0.1, -0.05) is 25.1 Å². The topological polar surface area (TPSA) is 108 Å². The van der Waals surface area contributed by atoms with Gasteiger partial charge in [0.2, 0.25) is 5.91 Å². The number of carbonyl (C=O) groups excluding carboxylic acids is 2. The number of allylic oxidation sites excluding steroid dienone is 2. The van der Waals surface area contributed by atoms with Crippen molar-refractivity contribution in [2.45, 2.75) is 33.2 Å². The number of thiophene rings is 1. The van der Waals surface area contributed by atoms with Crippen LogP contribution in [0.15, 0.2) is 36.7 Å². The Morgan fingerprint density at radius 1 is 1.23 bits per heavy atom. The maximum Gasteiger partial charge on any atom is 0.307 e. The lowest BCUT2D eigenvalue weighted by Crippen LogP contribution is -2.36. The van der Waals surface area contributed by atoms with Crippen molar-refractivity contribution in [1.29, 1.82) is 0 Å². The SMILES string of the molecule is CCc1c(C)sc(NC(=O)[C@H]2[C@H](C(=O)O)[C@H]3C=C[C@H]2C3)c1C(=O)NCc1cccnc1. The molecule has 0 saturated heterocycles. The highest BCUT2D eigenvalue weighted by atomic mass is 32.1. The first-order valence-electron chi connectivity index (χ1n) is 10.4. The molecule has 0 radical (unpaired) electrons. The van der Waals surface area contributed by atoms with Gasteiger partial charge in [-0.3, -0.25) is 19.4 Å². The molecule has 1 saturated carbocycles. The van der Waals surface area contributed by atoms with Crippen LogP contribution in [0.25, 0.3) is 0 Å². The number of nitrogens with one attached hydrogen (secondary N) is 2. The molecule has 2 aromatic rings. The van der Waals surface area contributed by atoms with E-state index in [-0.39, 0.29) is 23.7 Å². The highest BCUT2D eigenvalue weighted by Gasteiger charge is 2.51. The van der Waals surface area contributed by atoms with Crippen LogP contribution in [0.5, 0.6) is 0 Å². The van der Waals surface area contributed by atoms with Crippen molar-refractivity contribution >= 4 is 34.1 Å². The number of rotatable bonds is 7. The fraction of sp³-hybridized carbons (Fsp3) is 0.391. The van der Waals surface area contributed by atoms with Crippen LogP contribution in [0.3, 0.4) is 0 Å². The molecule has 2 amide bonds. The molecule has 2 aromatic heterocycles. The molecule has 8 heteroatoms. The Labute approximate surface area is 184 Å². The van der Waals surface area contributed by atoms with Gasteiger partial charge >= 0.3 is 5.97 Å². The molecule has 4 rings (SSSR count). The van der Waals surface area contributed by atoms with Crippen molar-refractivity contribution in [1.82, 2.24) is 10.3 Å². The summed E-state index contributed by atoms with van der Waals surface area (Å²) in [6.45, 7) is 4.23. The summed E-state index contributed by atoms with van der Waals surface area (Å²) in [5, 5.41) is 16.0. The largest absolute Gasteiger partial charge is 0.481 e. The molecule has 4 atom stereocenters. The molecular formula is C23H25N3O4S. The Kier molecular flexibility index (Phi) is 5.91. The molecule has 2 bridgehead atoms. The van der Waals surface area contributed by atoms with Crippen LogP contribution in [0.1, 0.15) is 39.7 Å². The van der Waals surface area contributed by atoms with Gasteiger partial charge in [0.05, 0.1) is 17.4 Å². The molecule has 0 spiro atoms. The average molecular weight is 440 g/mol. The number of carbonyl (C=O) groups is 3. The van der Waals surface area contributed by atoms with Crippen LogP contribution in [0, 0.1) is 30.6 Å². The molecule has 31 heavy (non-hydrogen) atoms. The van der Waals surface area contributed by atoms with Crippen molar-refractivity contribution in [2.75, 3.05) is 5.32 Å². The summed E-state index contributed by atoms with van der Waals surface area (Å²) < 4.78 is 0. The highest BCUT2D eigenvalue weighted by molar-refractivity contribution is 7.16. The predicted octanol–water partition coefficient (Wildman–Crippen LogP) is 3.41. The maximum atomic E-state index is 13.1. The number of hydrogen-bond donors (Lipinski definition) is 3. The zero-order chi connectivity index (χ0) is 22.1. The fourth-order valence-corrected chi connectivity index (χ4v) is 5.96. The minimum Gasteiger partial charge on any atom is -0.481 e. The number of pyridine rings is 1. The van der Waals surface area contributed by atoms with E-state index < -0.39 is 17.8 Å². The van der Waals surface area contributed by atoms with Gasteiger partial charge in [0.1, 0.15) is 5.00 Å². The summed E-state index contributed by atoms with van der Waals surface area (Å²) >= 11 is 1.36. The van der Waals surface area contributed by atoms with E-state index in [1.807, 2.05) is 38.1 Å². The lowest BCUT2D eigenvalue weighted by molar-refractivity contribution is -0.146. The fourth-order valence-electron chi connectivity index (χ4n) is 4.82. The first-order chi connectivity index (χ1) is 14.9. The molecular weight excluding hydrogens is 414 g/mol. The summed E-state index contributed by atoms with van der Waals surface area (Å²) in [6.07, 6.45) is 8.57. The predicted molar refractivity (Wildman–Crippen MR) is 118 cm³/mol. The van der Waals surface area contributed by atoms with Crippen LogP contribution in [0.4, 0.5) is 5.00 Å². The van der Waals surface area contributed by atoms with Gasteiger partial charge in [0.15, 0.2) is 0 Å². The Bertz CT molecular complexity index is 1050. The standard InChI is InChI=1S/C23H25N3O4S/c1-3-16-12(2)31-22(19(16)20(27)25-11-13-5-4-8-24-10-13)26-21(28)17-14-6-7-15(9-14)18(17)23(29)30/h4-8,10,14-15,17-18H,3,9,11H2,1-2H3,(H,25,27)(H,26,28)(H,29,30)/t14-,15-,17+,18+/m0/s1. The van der Waals surface area contributed by atoms with Crippen LogP contribution in [-0.4, -0.2) is 27.9 Å². The van der Waals surface area contributed by atoms with Crippen LogP contribution < -0.4 is 10.6 Å². The second kappa shape index (κ2) is 8.63. The molecule has 162 valence electrons. The van der Waals surface area contributed by atoms with Gasteiger partial charge in [-0.2, -0.15) is 0 Å². The molecule has 1 fully saturated rings. The van der Waals surface area contributed by atoms with Crippen LogP contribution in [0.2, 0.25) is 0 Å². The number of amides is 2. The maximum absolute atomic E-state index is 13.1. The Hall–Kier alpha value is -3.00. The Morgan fingerprint density at radius 3 is 2.61 bits per heavy atom. The van der Waals surface area contributed by atoms with Gasteiger partial charge in [-0.05, 0) is 48.8 Å². The van der Waals surface area contributed by atoms with Crippen molar-refractivity contribution in [3.8, 4) is 0 Å². The third-order valence-corrected chi connectivity index (χ3v) is 7.31. The molecule has 2 aliphatic carbocycles. The molecule has 0 aromatic carbocycles. The summed E-state index contributed by atoms with van der Waals surface area (Å²) in [6, 6.07) is 3.69. The molecule has 3 N–H and O–H groups in total. The zero-order valence-electron chi connectivity index (χ0n) is 17.4. The minimum absolute atomic E-state index is 0.0688. The van der Waals surface area contributed by atoms with Crippen LogP contribution >= 0.6 is 11.3 Å². The average Bonchev–Trinajstić information content (AvgIpc) is 3.45. The van der Waals surface area contributed by atoms with E-state index in [4.69, 9.17) is 0 Å². The first kappa shape index (κ1) is 21.2. The number of nitrogens with zero attached hydrogens (tertiary/aromatic N) is 1. The lowest BCUT2D eigenvalue weighted by atomic mass is 9.82. The molecule has 7 nitrogen and oxygen atoms in total. The number of aliphatic carboxylic acids is 1. The van der Waals surface area contributed by atoms with Crippen molar-refractivity contribution in [3.63, 3.8) is 0 Å². The third kappa shape index (κ3) is 3.99. The minimum atomic E-state index is -0.942. The normalized spacial score (nSPS) is 23.7. The van der Waals surface area contributed by atoms with Crippen LogP contribution in [-0.2, 0) is 22.6 Å². The number of aromatic nitrogens is 1. The molecule has 2 heterocycles. The number of aryl methyl sites for hydroxylation is 1. The Morgan fingerprint density at radius 2 is 1.97 bits per heavy atom. The summed E-state index contributed by atoms with van der Waals surface area (Å²) in [5.74, 6) is -3.03. The van der Waals surface area contributed by atoms with E-state index in [9.17, 15) is 19.5 Å². The van der Waals surface area contributed by atoms with Crippen molar-refractivity contribution in [2.24, 2.45) is 23.7 Å². The van der Waals surface area contributed by atoms with E-state index in [2.05, 4.69) is 15.6 Å². The second-order valence-corrected chi connectivity index (χ2v) is 9.29. The van der Waals surface area contributed by atoms with E-state index in [0.717, 1.165) is 16.0 Å². The number of carboxylic acids is 1. The third-order valence-electron chi connectivity index (χ3n) is 6.25. The highest BCUT2D eigenvalue weighted by Crippen LogP contribution is 2.48. The summed E-state index contributed by atoms with van der Waals surface area (Å²) in [5.41, 5.74) is 2.24. The van der Waals surface area contributed by atoms with Crippen molar-refractivity contribution in [3.05, 3.63) is 58.2 Å². The van der Waals surface area contributed by atoms with E-state index >= 15 is 0 Å². The number of hydrogen-bond acceptors (Lipinski definition) is 5. The van der Waals surface area contributed by atoms with E-state index in [1.54, 1.807) is 12.4 Å². The van der Waals surface area contributed by atoms with Gasteiger partial charge in [-0.25, -0.2) is 0 Å². The van der Waals surface area contributed by atoms with Gasteiger partial charge in [0.25, 0.3) is 5.91 Å². The first-order valence-corrected chi connectivity index (χ1v) is 11.2. The summed E-state index contributed by atoms with van der Waals surface area (Å²) in [4.78, 5) is 43.0. The molecule has 2 aliphatic rings. The lowest BCUT2D eigenvalue weighted by Gasteiger charge is -2.23. The Balaban J connectivity index is 1.56. The number of carboxylic acid groups (broad SMARTS) is 1.